The summed E-state index contributed by atoms with van der Waals surface area (Å²) in [5.41, 5.74) is 1.64. The summed E-state index contributed by atoms with van der Waals surface area (Å²) in [6, 6.07) is 1.83. The molecule has 0 aliphatic heterocycles. The summed E-state index contributed by atoms with van der Waals surface area (Å²) in [5, 5.41) is 0. The van der Waals surface area contributed by atoms with Gasteiger partial charge >= 0.3 is 0 Å². The van der Waals surface area contributed by atoms with Gasteiger partial charge in [0.15, 0.2) is 0 Å². The predicted octanol–water partition coefficient (Wildman–Crippen LogP) is 2.58. The van der Waals surface area contributed by atoms with Crippen LogP contribution in [0.3, 0.4) is 0 Å². The zero-order chi connectivity index (χ0) is 15.2. The lowest BCUT2D eigenvalue weighted by Crippen LogP contribution is -2.16. The number of alkyl halides is 2. The van der Waals surface area contributed by atoms with Crippen LogP contribution in [0.15, 0.2) is 6.07 Å². The first-order valence-corrected chi connectivity index (χ1v) is 8.58. The van der Waals surface area contributed by atoms with Gasteiger partial charge in [0, 0.05) is 28.2 Å². The molecule has 0 aromatic carbocycles. The lowest BCUT2D eigenvalue weighted by molar-refractivity contribution is 0.0235. The molecule has 0 bridgehead atoms. The van der Waals surface area contributed by atoms with E-state index in [4.69, 9.17) is 4.74 Å². The fourth-order valence-corrected chi connectivity index (χ4v) is 3.07. The monoisotopic (exact) mass is 318 g/mol. The first-order valence-electron chi connectivity index (χ1n) is 7.10. The molecular weight excluding hydrogens is 298 g/mol. The van der Waals surface area contributed by atoms with Crippen molar-refractivity contribution in [2.75, 3.05) is 19.0 Å². The Morgan fingerprint density at radius 1 is 1.43 bits per heavy atom. The van der Waals surface area contributed by atoms with Crippen LogP contribution in [0.25, 0.3) is 0 Å². The van der Waals surface area contributed by atoms with Gasteiger partial charge in [-0.1, -0.05) is 6.42 Å². The highest BCUT2D eigenvalue weighted by atomic mass is 32.2. The maximum atomic E-state index is 11.9. The average molecular weight is 318 g/mol. The molecule has 2 rings (SSSR count). The van der Waals surface area contributed by atoms with E-state index in [2.05, 4.69) is 9.97 Å². The Bertz CT molecular complexity index is 496. The van der Waals surface area contributed by atoms with E-state index in [1.807, 2.05) is 13.0 Å². The van der Waals surface area contributed by atoms with Gasteiger partial charge in [0.05, 0.1) is 18.1 Å². The summed E-state index contributed by atoms with van der Waals surface area (Å²) >= 11 is 0. The Kier molecular flexibility index (Phi) is 6.17. The van der Waals surface area contributed by atoms with Gasteiger partial charge in [-0.2, -0.15) is 0 Å². The number of ether oxygens (including phenoxy) is 1. The molecule has 1 fully saturated rings. The van der Waals surface area contributed by atoms with Crippen LogP contribution in [-0.2, 0) is 21.3 Å². The summed E-state index contributed by atoms with van der Waals surface area (Å²) in [6.07, 6.45) is 0.971. The van der Waals surface area contributed by atoms with Crippen LogP contribution in [0.2, 0.25) is 0 Å². The molecule has 1 atom stereocenters. The number of aryl methyl sites for hydroxylation is 1. The Labute approximate surface area is 125 Å². The normalized spacial score (nSPS) is 17.0. The van der Waals surface area contributed by atoms with Crippen molar-refractivity contribution in [3.8, 4) is 0 Å². The Morgan fingerprint density at radius 3 is 2.81 bits per heavy atom. The number of hydrogen-bond acceptors (Lipinski definition) is 4. The van der Waals surface area contributed by atoms with E-state index in [0.717, 1.165) is 30.1 Å². The van der Waals surface area contributed by atoms with Crippen LogP contribution in [0.1, 0.15) is 42.4 Å². The summed E-state index contributed by atoms with van der Waals surface area (Å²) in [5.74, 6) is 1.85. The third kappa shape index (κ3) is 5.39. The minimum Gasteiger partial charge on any atom is -0.375 e. The van der Waals surface area contributed by atoms with Gasteiger partial charge in [0.2, 0.25) is 0 Å². The minimum absolute atomic E-state index is 0.0799. The molecule has 0 N–H and O–H groups in total. The third-order valence-corrected chi connectivity index (χ3v) is 4.64. The minimum atomic E-state index is -2.48. The lowest BCUT2D eigenvalue weighted by atomic mass is 9.85. The van der Waals surface area contributed by atoms with Crippen molar-refractivity contribution in [2.45, 2.75) is 44.3 Å². The number of halogens is 2. The van der Waals surface area contributed by atoms with Crippen molar-refractivity contribution < 1.29 is 17.7 Å². The summed E-state index contributed by atoms with van der Waals surface area (Å²) in [7, 11) is -1.16. The molecule has 1 aliphatic carbocycles. The molecule has 1 aliphatic rings. The van der Waals surface area contributed by atoms with E-state index >= 15 is 0 Å². The molecule has 1 saturated carbocycles. The van der Waals surface area contributed by atoms with Crippen molar-refractivity contribution >= 4 is 10.8 Å². The van der Waals surface area contributed by atoms with Crippen molar-refractivity contribution in [3.05, 3.63) is 23.3 Å². The fraction of sp³-hybridized carbons (Fsp3) is 0.714. The van der Waals surface area contributed by atoms with Crippen LogP contribution in [0, 0.1) is 6.92 Å². The van der Waals surface area contributed by atoms with Crippen molar-refractivity contribution in [1.29, 1.82) is 0 Å². The Hall–Kier alpha value is -0.950. The van der Waals surface area contributed by atoms with Crippen molar-refractivity contribution in [3.63, 3.8) is 0 Å². The van der Waals surface area contributed by atoms with Gasteiger partial charge in [0.25, 0.3) is 6.43 Å². The molecule has 7 heteroatoms. The van der Waals surface area contributed by atoms with Crippen molar-refractivity contribution in [1.82, 2.24) is 9.97 Å². The van der Waals surface area contributed by atoms with Gasteiger partial charge in [-0.25, -0.2) is 18.7 Å². The van der Waals surface area contributed by atoms with Crippen molar-refractivity contribution in [2.24, 2.45) is 0 Å². The Balaban J connectivity index is 1.84. The number of nitrogens with zero attached hydrogens (tertiary/aromatic N) is 2. The zero-order valence-corrected chi connectivity index (χ0v) is 12.9. The van der Waals surface area contributed by atoms with E-state index in [1.165, 1.54) is 6.42 Å². The molecule has 21 heavy (non-hydrogen) atoms. The van der Waals surface area contributed by atoms with Crippen LogP contribution >= 0.6 is 0 Å². The summed E-state index contributed by atoms with van der Waals surface area (Å²) < 4.78 is 40.4. The first kappa shape index (κ1) is 16.4. The van der Waals surface area contributed by atoms with E-state index in [-0.39, 0.29) is 12.4 Å². The highest BCUT2D eigenvalue weighted by Crippen LogP contribution is 2.34. The highest BCUT2D eigenvalue weighted by Gasteiger charge is 2.23. The molecule has 1 aromatic heterocycles. The maximum absolute atomic E-state index is 11.9. The molecule has 1 heterocycles. The summed E-state index contributed by atoms with van der Waals surface area (Å²) in [6.45, 7) is 1.38. The molecule has 4 nitrogen and oxygen atoms in total. The van der Waals surface area contributed by atoms with Crippen LogP contribution in [0.4, 0.5) is 8.78 Å². The lowest BCUT2D eigenvalue weighted by Gasteiger charge is -2.24. The Morgan fingerprint density at radius 2 is 2.19 bits per heavy atom. The second-order valence-electron chi connectivity index (χ2n) is 5.24. The third-order valence-electron chi connectivity index (χ3n) is 3.40. The number of rotatable bonds is 8. The smallest absolute Gasteiger partial charge is 0.261 e. The first-order chi connectivity index (χ1) is 10.0. The molecule has 0 amide bonds. The number of aromatic nitrogens is 2. The molecule has 118 valence electrons. The molecular formula is C14H20F2N2O2S. The zero-order valence-electron chi connectivity index (χ0n) is 12.1. The molecule has 1 aromatic rings. The predicted molar refractivity (Wildman–Crippen MR) is 76.9 cm³/mol. The van der Waals surface area contributed by atoms with Gasteiger partial charge in [-0.05, 0) is 25.8 Å². The topological polar surface area (TPSA) is 52.1 Å². The fourth-order valence-electron chi connectivity index (χ4n) is 2.14. The summed E-state index contributed by atoms with van der Waals surface area (Å²) in [4.78, 5) is 8.93. The van der Waals surface area contributed by atoms with Gasteiger partial charge in [-0.3, -0.25) is 4.21 Å². The van der Waals surface area contributed by atoms with Gasteiger partial charge in [-0.15, -0.1) is 0 Å². The average Bonchev–Trinajstić information content (AvgIpc) is 2.31. The SMILES string of the molecule is Cc1cc(CS(=O)CCOCC(F)F)nc(C2CCC2)n1. The molecule has 0 saturated heterocycles. The largest absolute Gasteiger partial charge is 0.375 e. The quantitative estimate of drug-likeness (QED) is 0.691. The molecule has 0 radical (unpaired) electrons. The van der Waals surface area contributed by atoms with E-state index in [0.29, 0.717) is 11.7 Å². The second kappa shape index (κ2) is 7.89. The number of hydrogen-bond donors (Lipinski definition) is 0. The van der Waals surface area contributed by atoms with Gasteiger partial charge in [0.1, 0.15) is 12.4 Å². The second-order valence-corrected chi connectivity index (χ2v) is 6.82. The highest BCUT2D eigenvalue weighted by molar-refractivity contribution is 7.84. The standard InChI is InChI=1S/C14H20F2N2O2S/c1-10-7-12(18-14(17-10)11-3-2-4-11)9-21(19)6-5-20-8-13(15)16/h7,11,13H,2-6,8-9H2,1H3. The molecule has 1 unspecified atom stereocenters. The van der Waals surface area contributed by atoms with Gasteiger partial charge < -0.3 is 4.74 Å². The van der Waals surface area contributed by atoms with E-state index in [9.17, 15) is 13.0 Å². The van der Waals surface area contributed by atoms with Crippen LogP contribution in [0.5, 0.6) is 0 Å². The van der Waals surface area contributed by atoms with E-state index < -0.39 is 23.8 Å². The van der Waals surface area contributed by atoms with E-state index in [1.54, 1.807) is 0 Å². The van der Waals surface area contributed by atoms with Crippen LogP contribution < -0.4 is 0 Å². The maximum Gasteiger partial charge on any atom is 0.261 e. The molecule has 0 spiro atoms. The van der Waals surface area contributed by atoms with Crippen LogP contribution in [-0.4, -0.2) is 39.6 Å².